The van der Waals surface area contributed by atoms with Crippen molar-refractivity contribution in [3.8, 4) is 5.75 Å². The van der Waals surface area contributed by atoms with Crippen LogP contribution in [-0.4, -0.2) is 34.1 Å². The average Bonchev–Trinajstić information content (AvgIpc) is 3.16. The molecular formula is C23H22F3N6O4-. The monoisotopic (exact) mass is 503 g/mol. The number of nitrogens with one attached hydrogen (secondary N) is 4. The number of benzene rings is 1. The van der Waals surface area contributed by atoms with Crippen LogP contribution >= 0.6 is 0 Å². The second-order valence-corrected chi connectivity index (χ2v) is 8.85. The van der Waals surface area contributed by atoms with Crippen molar-refractivity contribution < 1.29 is 32.3 Å². The van der Waals surface area contributed by atoms with Crippen LogP contribution in [0.1, 0.15) is 51.4 Å². The summed E-state index contributed by atoms with van der Waals surface area (Å²) in [5.41, 5.74) is 10.6. The highest BCUT2D eigenvalue weighted by molar-refractivity contribution is 6.44. The zero-order chi connectivity index (χ0) is 25.7. The summed E-state index contributed by atoms with van der Waals surface area (Å²) in [7, 11) is 0. The number of carbonyl (C=O) groups is 3. The van der Waals surface area contributed by atoms with E-state index in [0.29, 0.717) is 49.2 Å². The van der Waals surface area contributed by atoms with Crippen molar-refractivity contribution >= 4 is 23.3 Å². The Balaban J connectivity index is 1.38. The van der Waals surface area contributed by atoms with Crippen molar-refractivity contribution in [1.29, 1.82) is 0 Å². The predicted octanol–water partition coefficient (Wildman–Crippen LogP) is 2.96. The third-order valence-electron chi connectivity index (χ3n) is 6.45. The quantitative estimate of drug-likeness (QED) is 0.340. The lowest BCUT2D eigenvalue weighted by Gasteiger charge is -2.20. The number of ketones is 1. The van der Waals surface area contributed by atoms with Gasteiger partial charge in [0.15, 0.2) is 0 Å². The highest BCUT2D eigenvalue weighted by atomic mass is 19.4. The molecule has 1 fully saturated rings. The summed E-state index contributed by atoms with van der Waals surface area (Å²) < 4.78 is 43.2. The van der Waals surface area contributed by atoms with E-state index in [1.165, 1.54) is 12.1 Å². The summed E-state index contributed by atoms with van der Waals surface area (Å²) in [6.07, 6.45) is -0.819. The molecule has 1 aliphatic carbocycles. The molecule has 3 heterocycles. The number of fused-ring (bicyclic) bond motifs is 1. The number of rotatable bonds is 7. The Labute approximate surface area is 203 Å². The van der Waals surface area contributed by atoms with Crippen LogP contribution in [0.3, 0.4) is 0 Å². The largest absolute Gasteiger partial charge is 0.609 e. The van der Waals surface area contributed by atoms with Crippen molar-refractivity contribution in [2.24, 2.45) is 0 Å². The minimum absolute atomic E-state index is 0.0901. The molecule has 5 rings (SSSR count). The van der Waals surface area contributed by atoms with E-state index in [2.05, 4.69) is 31.8 Å². The molecule has 2 aromatic rings. The van der Waals surface area contributed by atoms with Gasteiger partial charge >= 0.3 is 6.36 Å². The number of hydrogen-bond donors (Lipinski definition) is 4. The fourth-order valence-electron chi connectivity index (χ4n) is 4.71. The van der Waals surface area contributed by atoms with E-state index in [0.717, 1.165) is 12.1 Å². The minimum atomic E-state index is -4.87. The van der Waals surface area contributed by atoms with E-state index in [4.69, 9.17) is 0 Å². The predicted molar refractivity (Wildman–Crippen MR) is 121 cm³/mol. The average molecular weight is 503 g/mol. The topological polar surface area (TPSA) is 128 Å². The van der Waals surface area contributed by atoms with E-state index in [1.54, 1.807) is 17.7 Å². The molecule has 4 N–H and O–H groups in total. The lowest BCUT2D eigenvalue weighted by molar-refractivity contribution is -0.274. The van der Waals surface area contributed by atoms with Gasteiger partial charge in [0.2, 0.25) is 0 Å². The molecule has 10 nitrogen and oxygen atoms in total. The van der Waals surface area contributed by atoms with Gasteiger partial charge in [0.25, 0.3) is 17.6 Å². The minimum Gasteiger partial charge on any atom is -0.609 e. The van der Waals surface area contributed by atoms with Gasteiger partial charge in [-0.1, -0.05) is 6.07 Å². The maximum Gasteiger partial charge on any atom is 0.573 e. The number of halogens is 3. The smallest absolute Gasteiger partial charge is 0.573 e. The van der Waals surface area contributed by atoms with Crippen molar-refractivity contribution in [3.63, 3.8) is 0 Å². The van der Waals surface area contributed by atoms with Gasteiger partial charge in [-0.2, -0.15) is 0 Å². The molecule has 13 heteroatoms. The molecule has 1 aromatic heterocycles. The Kier molecular flexibility index (Phi) is 5.66. The number of anilines is 1. The Morgan fingerprint density at radius 3 is 2.67 bits per heavy atom. The molecule has 3 aliphatic rings. The van der Waals surface area contributed by atoms with Gasteiger partial charge in [0.05, 0.1) is 11.1 Å². The first-order valence-corrected chi connectivity index (χ1v) is 11.3. The lowest BCUT2D eigenvalue weighted by Crippen LogP contribution is -2.45. The van der Waals surface area contributed by atoms with Gasteiger partial charge in [-0.15, -0.1) is 19.4 Å². The number of ether oxygens (including phenoxy) is 1. The molecular weight excluding hydrogens is 481 g/mol. The normalized spacial score (nSPS) is 17.4. The number of Topliss-reactive ketones (excluding diaryl/α,β-unsaturated/α-hetero) is 1. The van der Waals surface area contributed by atoms with Crippen LogP contribution in [0, 0.1) is 6.92 Å². The van der Waals surface area contributed by atoms with E-state index in [1.807, 2.05) is 0 Å². The summed E-state index contributed by atoms with van der Waals surface area (Å²) in [5, 5.41) is 5.36. The zero-order valence-corrected chi connectivity index (χ0v) is 19.1. The van der Waals surface area contributed by atoms with Crippen LogP contribution in [-0.2, 0) is 17.8 Å². The summed E-state index contributed by atoms with van der Waals surface area (Å²) in [6.45, 7) is 2.06. The molecule has 190 valence electrons. The van der Waals surface area contributed by atoms with E-state index < -0.39 is 35.2 Å². The van der Waals surface area contributed by atoms with Gasteiger partial charge in [-0.25, -0.2) is 0 Å². The van der Waals surface area contributed by atoms with Crippen LogP contribution in [0.15, 0.2) is 36.2 Å². The fourth-order valence-corrected chi connectivity index (χ4v) is 4.71. The van der Waals surface area contributed by atoms with Gasteiger partial charge in [0.1, 0.15) is 11.4 Å². The molecule has 0 radical (unpaired) electrons. The summed E-state index contributed by atoms with van der Waals surface area (Å²) in [6, 6.07) is 4.91. The summed E-state index contributed by atoms with van der Waals surface area (Å²) in [4.78, 5) is 39.4. The first-order chi connectivity index (χ1) is 17.1. The van der Waals surface area contributed by atoms with E-state index in [-0.39, 0.29) is 16.9 Å². The number of hydrazine groups is 1. The molecule has 0 bridgehead atoms. The number of carbonyl (C=O) groups excluding carboxylic acids is 3. The van der Waals surface area contributed by atoms with Crippen molar-refractivity contribution in [2.75, 3.05) is 5.32 Å². The number of alkyl halides is 3. The van der Waals surface area contributed by atoms with Gasteiger partial charge in [-0.3, -0.25) is 14.4 Å². The van der Waals surface area contributed by atoms with Crippen molar-refractivity contribution in [1.82, 2.24) is 20.8 Å². The van der Waals surface area contributed by atoms with Gasteiger partial charge < -0.3 is 36.3 Å². The SMILES string of the molecule is Cc1c(C(=O)C(=O)NC2(C3=C[N-]NN3)CC2)c2n(c1C(=O)Nc1cccc(OC(F)(F)F)c1)CCC2. The second-order valence-electron chi connectivity index (χ2n) is 8.85. The third-order valence-corrected chi connectivity index (χ3v) is 6.45. The Hall–Kier alpha value is -4.00. The first kappa shape index (κ1) is 23.7. The number of aromatic nitrogens is 1. The van der Waals surface area contributed by atoms with Crippen LogP contribution in [0.5, 0.6) is 5.75 Å². The molecule has 1 aromatic carbocycles. The molecule has 0 atom stereocenters. The van der Waals surface area contributed by atoms with Crippen LogP contribution in [0.2, 0.25) is 0 Å². The molecule has 2 amide bonds. The van der Waals surface area contributed by atoms with Crippen LogP contribution < -0.4 is 26.3 Å². The molecule has 0 unspecified atom stereocenters. The number of nitrogens with zero attached hydrogens (tertiary/aromatic N) is 2. The Morgan fingerprint density at radius 1 is 1.22 bits per heavy atom. The highest BCUT2D eigenvalue weighted by Crippen LogP contribution is 2.42. The molecule has 0 spiro atoms. The number of hydrogen-bond acceptors (Lipinski definition) is 6. The molecule has 0 saturated heterocycles. The summed E-state index contributed by atoms with van der Waals surface area (Å²) in [5.74, 6) is -2.61. The lowest BCUT2D eigenvalue weighted by atomic mass is 10.0. The third kappa shape index (κ3) is 4.37. The molecule has 1 saturated carbocycles. The van der Waals surface area contributed by atoms with Gasteiger partial charge in [-0.05, 0) is 50.3 Å². The summed E-state index contributed by atoms with van der Waals surface area (Å²) >= 11 is 0. The van der Waals surface area contributed by atoms with E-state index >= 15 is 0 Å². The van der Waals surface area contributed by atoms with Crippen molar-refractivity contribution in [2.45, 2.75) is 51.1 Å². The van der Waals surface area contributed by atoms with E-state index in [9.17, 15) is 27.6 Å². The van der Waals surface area contributed by atoms with Crippen LogP contribution in [0.4, 0.5) is 18.9 Å². The Morgan fingerprint density at radius 2 is 2.00 bits per heavy atom. The molecule has 2 aliphatic heterocycles. The number of amides is 2. The Bertz CT molecular complexity index is 1300. The highest BCUT2D eigenvalue weighted by Gasteiger charge is 2.48. The maximum absolute atomic E-state index is 13.3. The van der Waals surface area contributed by atoms with Crippen LogP contribution in [0.25, 0.3) is 5.43 Å². The molecule has 36 heavy (non-hydrogen) atoms. The van der Waals surface area contributed by atoms with Crippen molar-refractivity contribution in [3.05, 3.63) is 64.1 Å². The first-order valence-electron chi connectivity index (χ1n) is 11.3. The second kappa shape index (κ2) is 8.59. The fraction of sp³-hybridized carbons (Fsp3) is 0.348. The maximum atomic E-state index is 13.3. The van der Waals surface area contributed by atoms with Gasteiger partial charge in [0, 0.05) is 29.7 Å². The zero-order valence-electron chi connectivity index (χ0n) is 19.1. The standard InChI is InChI=1S/C23H23F3N6O4/c1-12-17(19(33)21(35)29-22(7-8-22)16-11-27-31-30-16)15-6-3-9-32(15)18(12)20(34)28-13-4-2-5-14(10-13)36-23(24,25)26/h2,4-5,10-11H,3,6-9H2,1H3,(H5,27,28,29,30,31,33,34,35)/p-1.